The van der Waals surface area contributed by atoms with Gasteiger partial charge < -0.3 is 14.5 Å². The van der Waals surface area contributed by atoms with Gasteiger partial charge in [0.25, 0.3) is 0 Å². The van der Waals surface area contributed by atoms with Gasteiger partial charge >= 0.3 is 0 Å². The van der Waals surface area contributed by atoms with E-state index >= 15 is 0 Å². The molecule has 25 heavy (non-hydrogen) atoms. The van der Waals surface area contributed by atoms with E-state index in [1.165, 1.54) is 0 Å². The molecular weight excluding hydrogens is 316 g/mol. The van der Waals surface area contributed by atoms with Gasteiger partial charge in [0.2, 0.25) is 11.8 Å². The quantitative estimate of drug-likeness (QED) is 0.797. The number of anilines is 1. The minimum absolute atomic E-state index is 0.0245. The van der Waals surface area contributed by atoms with Crippen LogP contribution in [0.1, 0.15) is 40.0 Å². The number of benzene rings is 1. The fourth-order valence-electron chi connectivity index (χ4n) is 3.48. The molecule has 2 fully saturated rings. The molecule has 0 aromatic heterocycles. The zero-order valence-electron chi connectivity index (χ0n) is 15.6. The van der Waals surface area contributed by atoms with Crippen molar-refractivity contribution in [3.63, 3.8) is 0 Å². The van der Waals surface area contributed by atoms with Crippen molar-refractivity contribution in [2.45, 2.75) is 52.1 Å². The minimum atomic E-state index is -0.239. The summed E-state index contributed by atoms with van der Waals surface area (Å²) in [7, 11) is 1.62. The minimum Gasteiger partial charge on any atom is -0.497 e. The lowest BCUT2D eigenvalue weighted by Crippen LogP contribution is -2.46. The van der Waals surface area contributed by atoms with E-state index in [0.29, 0.717) is 24.9 Å². The lowest BCUT2D eigenvalue weighted by molar-refractivity contribution is -0.139. The van der Waals surface area contributed by atoms with Gasteiger partial charge in [-0.15, -0.1) is 0 Å². The van der Waals surface area contributed by atoms with Crippen LogP contribution in [0, 0.1) is 11.8 Å². The number of amides is 2. The summed E-state index contributed by atoms with van der Waals surface area (Å²) in [5.74, 6) is 1.11. The fraction of sp³-hybridized carbons (Fsp3) is 0.600. The summed E-state index contributed by atoms with van der Waals surface area (Å²) in [5, 5.41) is 0. The molecular formula is C20H28N2O3. The van der Waals surface area contributed by atoms with E-state index in [0.717, 1.165) is 24.3 Å². The predicted molar refractivity (Wildman–Crippen MR) is 97.6 cm³/mol. The maximum Gasteiger partial charge on any atom is 0.228 e. The number of rotatable bonds is 6. The van der Waals surface area contributed by atoms with Crippen LogP contribution in [0.5, 0.6) is 5.75 Å². The molecule has 2 amide bonds. The molecule has 0 N–H and O–H groups in total. The molecule has 5 heteroatoms. The highest BCUT2D eigenvalue weighted by Crippen LogP contribution is 2.35. The van der Waals surface area contributed by atoms with Gasteiger partial charge in [0.15, 0.2) is 0 Å². The first-order valence-electron chi connectivity index (χ1n) is 9.19. The highest BCUT2D eigenvalue weighted by Gasteiger charge is 2.43. The number of hydrogen-bond donors (Lipinski definition) is 0. The van der Waals surface area contributed by atoms with Crippen molar-refractivity contribution in [2.75, 3.05) is 18.6 Å². The van der Waals surface area contributed by atoms with Crippen LogP contribution in [0.3, 0.4) is 0 Å². The van der Waals surface area contributed by atoms with Crippen molar-refractivity contribution in [3.05, 3.63) is 24.3 Å². The standard InChI is InChI=1S/C20H28N2O3/c1-13(2)14(3)22(17-5-6-17)20(24)15-11-19(23)21(12-15)16-7-9-18(25-4)10-8-16/h7-10,13-15,17H,5-6,11-12H2,1-4H3/t14-,15-/m1/s1. The molecule has 1 aromatic rings. The Morgan fingerprint density at radius 2 is 1.84 bits per heavy atom. The third kappa shape index (κ3) is 3.65. The summed E-state index contributed by atoms with van der Waals surface area (Å²) in [6, 6.07) is 8.02. The van der Waals surface area contributed by atoms with Crippen molar-refractivity contribution >= 4 is 17.5 Å². The summed E-state index contributed by atoms with van der Waals surface area (Å²) in [6.45, 7) is 6.89. The Morgan fingerprint density at radius 3 is 2.36 bits per heavy atom. The monoisotopic (exact) mass is 344 g/mol. The number of ether oxygens (including phenoxy) is 1. The van der Waals surface area contributed by atoms with E-state index < -0.39 is 0 Å². The van der Waals surface area contributed by atoms with E-state index in [4.69, 9.17) is 4.74 Å². The van der Waals surface area contributed by atoms with Crippen molar-refractivity contribution in [2.24, 2.45) is 11.8 Å². The van der Waals surface area contributed by atoms with Crippen LogP contribution in [0.25, 0.3) is 0 Å². The zero-order valence-corrected chi connectivity index (χ0v) is 15.6. The Bertz CT molecular complexity index is 637. The second kappa shape index (κ2) is 7.06. The Balaban J connectivity index is 1.73. The molecule has 136 valence electrons. The van der Waals surface area contributed by atoms with Gasteiger partial charge in [-0.1, -0.05) is 13.8 Å². The number of hydrogen-bond acceptors (Lipinski definition) is 3. The first-order chi connectivity index (χ1) is 11.9. The lowest BCUT2D eigenvalue weighted by Gasteiger charge is -2.34. The maximum absolute atomic E-state index is 13.1. The average molecular weight is 344 g/mol. The van der Waals surface area contributed by atoms with E-state index in [-0.39, 0.29) is 23.8 Å². The topological polar surface area (TPSA) is 49.9 Å². The van der Waals surface area contributed by atoms with Crippen molar-refractivity contribution in [1.29, 1.82) is 0 Å². The van der Waals surface area contributed by atoms with Crippen molar-refractivity contribution < 1.29 is 14.3 Å². The molecule has 1 aliphatic heterocycles. The summed E-state index contributed by atoms with van der Waals surface area (Å²) in [6.07, 6.45) is 2.48. The maximum atomic E-state index is 13.1. The van der Waals surface area contributed by atoms with Crippen LogP contribution in [-0.4, -0.2) is 42.5 Å². The van der Waals surface area contributed by atoms with E-state index in [1.807, 2.05) is 24.3 Å². The Morgan fingerprint density at radius 1 is 1.20 bits per heavy atom. The first-order valence-corrected chi connectivity index (χ1v) is 9.19. The third-order valence-electron chi connectivity index (χ3n) is 5.46. The Kier molecular flexibility index (Phi) is 5.02. The Labute approximate surface area is 149 Å². The molecule has 0 spiro atoms. The number of methoxy groups -OCH3 is 1. The van der Waals surface area contributed by atoms with E-state index in [1.54, 1.807) is 12.0 Å². The Hall–Kier alpha value is -2.04. The molecule has 1 aromatic carbocycles. The molecule has 1 saturated carbocycles. The lowest BCUT2D eigenvalue weighted by atomic mass is 10.0. The molecule has 1 aliphatic carbocycles. The van der Waals surface area contributed by atoms with Gasteiger partial charge in [-0.25, -0.2) is 0 Å². The van der Waals surface area contributed by atoms with E-state index in [9.17, 15) is 9.59 Å². The fourth-order valence-corrected chi connectivity index (χ4v) is 3.48. The normalized spacial score (nSPS) is 21.6. The summed E-state index contributed by atoms with van der Waals surface area (Å²) in [4.78, 5) is 29.4. The summed E-state index contributed by atoms with van der Waals surface area (Å²) < 4.78 is 5.17. The van der Waals surface area contributed by atoms with Crippen molar-refractivity contribution in [1.82, 2.24) is 4.90 Å². The molecule has 0 bridgehead atoms. The average Bonchev–Trinajstić information content (AvgIpc) is 3.36. The van der Waals surface area contributed by atoms with Gasteiger partial charge in [-0.3, -0.25) is 9.59 Å². The van der Waals surface area contributed by atoms with Crippen LogP contribution in [0.4, 0.5) is 5.69 Å². The molecule has 0 unspecified atom stereocenters. The highest BCUT2D eigenvalue weighted by molar-refractivity contribution is 6.00. The smallest absolute Gasteiger partial charge is 0.228 e. The van der Waals surface area contributed by atoms with Gasteiger partial charge in [0.05, 0.1) is 13.0 Å². The second-order valence-electron chi connectivity index (χ2n) is 7.56. The largest absolute Gasteiger partial charge is 0.497 e. The predicted octanol–water partition coefficient (Wildman–Crippen LogP) is 3.08. The van der Waals surface area contributed by atoms with Gasteiger partial charge in [-0.2, -0.15) is 0 Å². The first kappa shape index (κ1) is 17.8. The molecule has 1 heterocycles. The number of nitrogens with zero attached hydrogens (tertiary/aromatic N) is 2. The molecule has 2 aliphatic rings. The molecule has 5 nitrogen and oxygen atoms in total. The van der Waals surface area contributed by atoms with Crippen molar-refractivity contribution in [3.8, 4) is 5.75 Å². The van der Waals surface area contributed by atoms with Crippen LogP contribution < -0.4 is 9.64 Å². The van der Waals surface area contributed by atoms with Crippen LogP contribution >= 0.6 is 0 Å². The molecule has 3 rings (SSSR count). The SMILES string of the molecule is COc1ccc(N2C[C@H](C(=O)N(C3CC3)[C@H](C)C(C)C)CC2=O)cc1. The van der Waals surface area contributed by atoms with Crippen LogP contribution in [0.15, 0.2) is 24.3 Å². The molecule has 2 atom stereocenters. The number of carbonyl (C=O) groups excluding carboxylic acids is 2. The van der Waals surface area contributed by atoms with Crippen LogP contribution in [-0.2, 0) is 9.59 Å². The second-order valence-corrected chi connectivity index (χ2v) is 7.56. The molecule has 0 radical (unpaired) electrons. The number of carbonyl (C=O) groups is 2. The van der Waals surface area contributed by atoms with Gasteiger partial charge in [-0.05, 0) is 49.9 Å². The van der Waals surface area contributed by atoms with Gasteiger partial charge in [0.1, 0.15) is 5.75 Å². The molecule has 1 saturated heterocycles. The summed E-state index contributed by atoms with van der Waals surface area (Å²) in [5.41, 5.74) is 0.830. The van der Waals surface area contributed by atoms with Crippen LogP contribution in [0.2, 0.25) is 0 Å². The highest BCUT2D eigenvalue weighted by atomic mass is 16.5. The van der Waals surface area contributed by atoms with E-state index in [2.05, 4.69) is 25.7 Å². The van der Waals surface area contributed by atoms with Gasteiger partial charge in [0, 0.05) is 30.7 Å². The third-order valence-corrected chi connectivity index (χ3v) is 5.46. The zero-order chi connectivity index (χ0) is 18.1. The summed E-state index contributed by atoms with van der Waals surface area (Å²) >= 11 is 0.